The van der Waals surface area contributed by atoms with Gasteiger partial charge in [0.05, 0.1) is 6.42 Å². The van der Waals surface area contributed by atoms with Crippen LogP contribution < -0.4 is 0 Å². The van der Waals surface area contributed by atoms with Crippen LogP contribution in [0.5, 0.6) is 0 Å². The Morgan fingerprint density at radius 1 is 1.26 bits per heavy atom. The molecule has 104 valence electrons. The van der Waals surface area contributed by atoms with E-state index in [1.165, 1.54) is 5.56 Å². The van der Waals surface area contributed by atoms with Crippen molar-refractivity contribution in [3.8, 4) is 0 Å². The number of aliphatic carboxylic acids is 1. The van der Waals surface area contributed by atoms with Gasteiger partial charge in [-0.15, -0.1) is 0 Å². The number of hydrogen-bond donors (Lipinski definition) is 1. The molecule has 0 aromatic heterocycles. The van der Waals surface area contributed by atoms with E-state index in [0.29, 0.717) is 12.1 Å². The van der Waals surface area contributed by atoms with E-state index < -0.39 is 5.97 Å². The van der Waals surface area contributed by atoms with Gasteiger partial charge in [-0.3, -0.25) is 9.59 Å². The number of rotatable bonds is 7. The van der Waals surface area contributed by atoms with Crippen LogP contribution in [0, 0.1) is 0 Å². The predicted molar refractivity (Wildman–Crippen MR) is 77.5 cm³/mol. The molecule has 0 saturated carbocycles. The fourth-order valence-electron chi connectivity index (χ4n) is 1.73. The van der Waals surface area contributed by atoms with Crippen LogP contribution in [0.2, 0.25) is 0 Å². The second-order valence-electron chi connectivity index (χ2n) is 4.16. The molecule has 0 aliphatic carbocycles. The van der Waals surface area contributed by atoms with Gasteiger partial charge in [0.1, 0.15) is 0 Å². The number of carboxylic acid groups (broad SMARTS) is 1. The lowest BCUT2D eigenvalue weighted by molar-refractivity contribution is -0.137. The average Bonchev–Trinajstić information content (AvgIpc) is 2.40. The van der Waals surface area contributed by atoms with Gasteiger partial charge in [0.15, 0.2) is 0 Å². The zero-order chi connectivity index (χ0) is 14.3. The number of benzene rings is 1. The third-order valence-electron chi connectivity index (χ3n) is 2.78. The third-order valence-corrected chi connectivity index (χ3v) is 3.40. The van der Waals surface area contributed by atoms with Crippen molar-refractivity contribution < 1.29 is 14.7 Å². The molecular formula is C14H19NO3S. The van der Waals surface area contributed by atoms with Gasteiger partial charge in [-0.2, -0.15) is 11.8 Å². The zero-order valence-electron chi connectivity index (χ0n) is 11.3. The Hall–Kier alpha value is -1.49. The van der Waals surface area contributed by atoms with E-state index in [2.05, 4.69) is 0 Å². The fourth-order valence-corrected chi connectivity index (χ4v) is 2.25. The average molecular weight is 281 g/mol. The lowest BCUT2D eigenvalue weighted by Gasteiger charge is -2.20. The Balaban J connectivity index is 2.70. The van der Waals surface area contributed by atoms with E-state index in [1.54, 1.807) is 28.8 Å². The number of nitrogens with zero attached hydrogens (tertiary/aromatic N) is 1. The maximum atomic E-state index is 12.2. The molecule has 1 N–H and O–H groups in total. The highest BCUT2D eigenvalue weighted by molar-refractivity contribution is 7.97. The minimum Gasteiger partial charge on any atom is -0.481 e. The van der Waals surface area contributed by atoms with E-state index in [0.717, 1.165) is 5.75 Å². The molecule has 0 radical (unpaired) electrons. The van der Waals surface area contributed by atoms with Gasteiger partial charge in [0, 0.05) is 24.4 Å². The van der Waals surface area contributed by atoms with E-state index >= 15 is 0 Å². The van der Waals surface area contributed by atoms with Gasteiger partial charge in [0.2, 0.25) is 0 Å². The number of thioether (sulfide) groups is 1. The first-order chi connectivity index (χ1) is 9.08. The van der Waals surface area contributed by atoms with Gasteiger partial charge in [-0.05, 0) is 30.9 Å². The van der Waals surface area contributed by atoms with Crippen molar-refractivity contribution >= 4 is 23.6 Å². The monoisotopic (exact) mass is 281 g/mol. The van der Waals surface area contributed by atoms with Gasteiger partial charge in [-0.25, -0.2) is 0 Å². The Bertz CT molecular complexity index is 431. The summed E-state index contributed by atoms with van der Waals surface area (Å²) >= 11 is 1.73. The molecule has 1 amide bonds. The van der Waals surface area contributed by atoms with Gasteiger partial charge in [-0.1, -0.05) is 12.1 Å². The molecular weight excluding hydrogens is 262 g/mol. The molecule has 0 bridgehead atoms. The van der Waals surface area contributed by atoms with E-state index in [9.17, 15) is 9.59 Å². The topological polar surface area (TPSA) is 57.6 Å². The van der Waals surface area contributed by atoms with Crippen LogP contribution in [-0.4, -0.2) is 41.2 Å². The molecule has 1 aromatic rings. The lowest BCUT2D eigenvalue weighted by Crippen LogP contribution is -2.32. The lowest BCUT2D eigenvalue weighted by atomic mass is 10.1. The maximum absolute atomic E-state index is 12.2. The fraction of sp³-hybridized carbons (Fsp3) is 0.429. The molecule has 0 saturated heterocycles. The first kappa shape index (κ1) is 15.6. The van der Waals surface area contributed by atoms with Crippen LogP contribution in [0.15, 0.2) is 24.3 Å². The van der Waals surface area contributed by atoms with E-state index in [-0.39, 0.29) is 18.9 Å². The molecule has 0 fully saturated rings. The Morgan fingerprint density at radius 3 is 2.37 bits per heavy atom. The largest absolute Gasteiger partial charge is 0.481 e. The second-order valence-corrected chi connectivity index (χ2v) is 5.02. The minimum absolute atomic E-state index is 0.0237. The first-order valence-electron chi connectivity index (χ1n) is 6.17. The number of carbonyl (C=O) groups is 2. The van der Waals surface area contributed by atoms with E-state index in [1.807, 2.05) is 25.3 Å². The normalized spacial score (nSPS) is 10.2. The van der Waals surface area contributed by atoms with Crippen LogP contribution in [0.4, 0.5) is 0 Å². The first-order valence-corrected chi connectivity index (χ1v) is 7.56. The molecule has 1 rings (SSSR count). The number of carbonyl (C=O) groups excluding carboxylic acids is 1. The standard InChI is InChI=1S/C14H19NO3S/c1-3-15(9-8-13(16)17)14(18)12-6-4-11(5-7-12)10-19-2/h4-7H,3,8-10H2,1-2H3,(H,16,17). The quantitative estimate of drug-likeness (QED) is 0.834. The molecule has 0 atom stereocenters. The van der Waals surface area contributed by atoms with Crippen LogP contribution in [-0.2, 0) is 10.5 Å². The minimum atomic E-state index is -0.887. The second kappa shape index (κ2) is 7.84. The summed E-state index contributed by atoms with van der Waals surface area (Å²) in [7, 11) is 0. The van der Waals surface area contributed by atoms with Gasteiger partial charge < -0.3 is 10.0 Å². The maximum Gasteiger partial charge on any atom is 0.305 e. The van der Waals surface area contributed by atoms with Crippen LogP contribution in [0.3, 0.4) is 0 Å². The highest BCUT2D eigenvalue weighted by atomic mass is 32.2. The Kier molecular flexibility index (Phi) is 6.42. The van der Waals surface area contributed by atoms with E-state index in [4.69, 9.17) is 5.11 Å². The van der Waals surface area contributed by atoms with Crippen LogP contribution >= 0.6 is 11.8 Å². The molecule has 0 unspecified atom stereocenters. The SMILES string of the molecule is CCN(CCC(=O)O)C(=O)c1ccc(CSC)cc1. The van der Waals surface area contributed by atoms with Crippen molar-refractivity contribution in [2.24, 2.45) is 0 Å². The third kappa shape index (κ3) is 4.95. The summed E-state index contributed by atoms with van der Waals surface area (Å²) in [4.78, 5) is 24.3. The number of hydrogen-bond acceptors (Lipinski definition) is 3. The summed E-state index contributed by atoms with van der Waals surface area (Å²) < 4.78 is 0. The van der Waals surface area contributed by atoms with Gasteiger partial charge in [0.25, 0.3) is 5.91 Å². The smallest absolute Gasteiger partial charge is 0.305 e. The molecule has 0 spiro atoms. The Morgan fingerprint density at radius 2 is 1.89 bits per heavy atom. The van der Waals surface area contributed by atoms with Crippen molar-refractivity contribution in [1.82, 2.24) is 4.90 Å². The summed E-state index contributed by atoms with van der Waals surface area (Å²) in [6, 6.07) is 7.48. The van der Waals surface area contributed by atoms with Crippen molar-refractivity contribution in [3.63, 3.8) is 0 Å². The zero-order valence-corrected chi connectivity index (χ0v) is 12.1. The summed E-state index contributed by atoms with van der Waals surface area (Å²) in [6.07, 6.45) is 2.01. The van der Waals surface area contributed by atoms with Gasteiger partial charge >= 0.3 is 5.97 Å². The predicted octanol–water partition coefficient (Wildman–Crippen LogP) is 2.49. The summed E-state index contributed by atoms with van der Waals surface area (Å²) in [5, 5.41) is 8.67. The van der Waals surface area contributed by atoms with Crippen molar-refractivity contribution in [3.05, 3.63) is 35.4 Å². The summed E-state index contributed by atoms with van der Waals surface area (Å²) in [5.41, 5.74) is 1.79. The Labute approximate surface area is 117 Å². The van der Waals surface area contributed by atoms with Crippen LogP contribution in [0.25, 0.3) is 0 Å². The molecule has 1 aromatic carbocycles. The molecule has 5 heteroatoms. The molecule has 0 aliphatic rings. The molecule has 0 heterocycles. The summed E-state index contributed by atoms with van der Waals surface area (Å²) in [5.74, 6) is -0.0775. The molecule has 0 aliphatic heterocycles. The number of amides is 1. The highest BCUT2D eigenvalue weighted by Gasteiger charge is 2.14. The molecule has 19 heavy (non-hydrogen) atoms. The van der Waals surface area contributed by atoms with Crippen molar-refractivity contribution in [1.29, 1.82) is 0 Å². The number of carboxylic acids is 1. The van der Waals surface area contributed by atoms with Crippen molar-refractivity contribution in [2.45, 2.75) is 19.1 Å². The van der Waals surface area contributed by atoms with Crippen molar-refractivity contribution in [2.75, 3.05) is 19.3 Å². The molecule has 4 nitrogen and oxygen atoms in total. The summed E-state index contributed by atoms with van der Waals surface area (Å²) in [6.45, 7) is 2.61. The van der Waals surface area contributed by atoms with Crippen LogP contribution in [0.1, 0.15) is 29.3 Å². The highest BCUT2D eigenvalue weighted by Crippen LogP contribution is 2.12.